The van der Waals surface area contributed by atoms with E-state index >= 15 is 0 Å². The number of hydrogen-bond donors (Lipinski definition) is 2. The zero-order valence-corrected chi connectivity index (χ0v) is 9.12. The van der Waals surface area contributed by atoms with Crippen LogP contribution in [0.5, 0.6) is 0 Å². The first-order chi connectivity index (χ1) is 6.99. The van der Waals surface area contributed by atoms with Gasteiger partial charge in [0, 0.05) is 6.54 Å². The number of amides is 1. The van der Waals surface area contributed by atoms with Gasteiger partial charge in [0.25, 0.3) is 0 Å². The van der Waals surface area contributed by atoms with Gasteiger partial charge < -0.3 is 25.3 Å². The van der Waals surface area contributed by atoms with Gasteiger partial charge >= 0.3 is 6.09 Å². The Hall–Kier alpha value is -0.850. The molecule has 0 radical (unpaired) electrons. The van der Waals surface area contributed by atoms with E-state index in [0.29, 0.717) is 19.8 Å². The highest BCUT2D eigenvalue weighted by atomic mass is 16.7. The van der Waals surface area contributed by atoms with Crippen LogP contribution in [0.3, 0.4) is 0 Å². The molecular formula is C9H18N2O4. The average molecular weight is 218 g/mol. The molecule has 0 aromatic heterocycles. The van der Waals surface area contributed by atoms with Crippen LogP contribution in [0.25, 0.3) is 0 Å². The summed E-state index contributed by atoms with van der Waals surface area (Å²) in [6.45, 7) is 5.72. The summed E-state index contributed by atoms with van der Waals surface area (Å²) < 4.78 is 15.4. The third kappa shape index (κ3) is 4.96. The van der Waals surface area contributed by atoms with E-state index < -0.39 is 11.9 Å². The smallest absolute Gasteiger partial charge is 0.404 e. The third-order valence-electron chi connectivity index (χ3n) is 2.04. The minimum absolute atomic E-state index is 0.134. The highest BCUT2D eigenvalue weighted by Crippen LogP contribution is 2.16. The number of carbonyl (C=O) groups is 1. The number of nitrogens with one attached hydrogen (secondary N) is 1. The number of carbonyl (C=O) groups excluding carboxylic acids is 1. The van der Waals surface area contributed by atoms with Gasteiger partial charge in [-0.05, 0) is 13.8 Å². The zero-order valence-electron chi connectivity index (χ0n) is 9.12. The molecule has 0 bridgehead atoms. The minimum Gasteiger partial charge on any atom is -0.448 e. The molecule has 0 unspecified atom stereocenters. The van der Waals surface area contributed by atoms with Crippen LogP contribution in [0.2, 0.25) is 0 Å². The lowest BCUT2D eigenvalue weighted by atomic mass is 10.2. The molecule has 1 saturated heterocycles. The van der Waals surface area contributed by atoms with E-state index in [9.17, 15) is 4.79 Å². The highest BCUT2D eigenvalue weighted by Gasteiger charge is 2.27. The maximum absolute atomic E-state index is 10.3. The topological polar surface area (TPSA) is 82.8 Å². The molecule has 0 atom stereocenters. The van der Waals surface area contributed by atoms with Crippen LogP contribution >= 0.6 is 0 Å². The maximum Gasteiger partial charge on any atom is 0.404 e. The Labute approximate surface area is 89.0 Å². The molecule has 0 aliphatic carbocycles. The lowest BCUT2D eigenvalue weighted by Gasteiger charge is -2.35. The summed E-state index contributed by atoms with van der Waals surface area (Å²) in [7, 11) is 0. The first-order valence-electron chi connectivity index (χ1n) is 4.93. The monoisotopic (exact) mass is 218 g/mol. The Balaban J connectivity index is 2.06. The van der Waals surface area contributed by atoms with Crippen molar-refractivity contribution in [2.24, 2.45) is 5.73 Å². The van der Waals surface area contributed by atoms with E-state index in [1.807, 2.05) is 13.8 Å². The van der Waals surface area contributed by atoms with E-state index in [-0.39, 0.29) is 12.6 Å². The molecule has 0 saturated carbocycles. The normalized spacial score (nSPS) is 21.2. The average Bonchev–Trinajstić information content (AvgIpc) is 2.14. The van der Waals surface area contributed by atoms with Gasteiger partial charge in [-0.1, -0.05) is 0 Å². The molecule has 1 aliphatic rings. The van der Waals surface area contributed by atoms with Gasteiger partial charge in [0.15, 0.2) is 5.79 Å². The largest absolute Gasteiger partial charge is 0.448 e. The van der Waals surface area contributed by atoms with E-state index in [4.69, 9.17) is 15.2 Å². The zero-order chi connectivity index (χ0) is 11.3. The molecule has 6 nitrogen and oxygen atoms in total. The van der Waals surface area contributed by atoms with Crippen molar-refractivity contribution in [3.8, 4) is 0 Å². The molecule has 3 N–H and O–H groups in total. The second-order valence-electron chi connectivity index (χ2n) is 3.84. The number of ether oxygens (including phenoxy) is 3. The summed E-state index contributed by atoms with van der Waals surface area (Å²) in [5, 5.41) is 3.13. The van der Waals surface area contributed by atoms with E-state index in [2.05, 4.69) is 10.1 Å². The van der Waals surface area contributed by atoms with Crippen LogP contribution in [0.15, 0.2) is 0 Å². The molecule has 0 spiro atoms. The van der Waals surface area contributed by atoms with Gasteiger partial charge in [-0.3, -0.25) is 0 Å². The fraction of sp³-hybridized carbons (Fsp3) is 0.889. The van der Waals surface area contributed by atoms with E-state index in [1.165, 1.54) is 0 Å². The molecule has 1 aliphatic heterocycles. The van der Waals surface area contributed by atoms with Crippen molar-refractivity contribution >= 4 is 6.09 Å². The van der Waals surface area contributed by atoms with Crippen molar-refractivity contribution < 1.29 is 19.0 Å². The quantitative estimate of drug-likeness (QED) is 0.640. The molecule has 1 heterocycles. The van der Waals surface area contributed by atoms with Crippen molar-refractivity contribution in [3.63, 3.8) is 0 Å². The van der Waals surface area contributed by atoms with Crippen LogP contribution in [0.1, 0.15) is 13.8 Å². The highest BCUT2D eigenvalue weighted by molar-refractivity contribution is 5.64. The van der Waals surface area contributed by atoms with Gasteiger partial charge in [0.1, 0.15) is 6.61 Å². The standard InChI is InChI=1S/C9H18N2O4/c1-9(2)14-5-7(6-15-9)11-3-4-13-8(10)12/h7,11H,3-6H2,1-2H3,(H2,10,12). The minimum atomic E-state index is -0.755. The Morgan fingerprint density at radius 1 is 1.53 bits per heavy atom. The summed E-state index contributed by atoms with van der Waals surface area (Å²) in [4.78, 5) is 10.3. The first-order valence-corrected chi connectivity index (χ1v) is 4.93. The van der Waals surface area contributed by atoms with Gasteiger partial charge in [0.05, 0.1) is 19.3 Å². The summed E-state index contributed by atoms with van der Waals surface area (Å²) >= 11 is 0. The van der Waals surface area contributed by atoms with Crippen LogP contribution in [0.4, 0.5) is 4.79 Å². The van der Waals surface area contributed by atoms with Crippen molar-refractivity contribution in [2.75, 3.05) is 26.4 Å². The number of nitrogens with two attached hydrogens (primary N) is 1. The lowest BCUT2D eigenvalue weighted by Crippen LogP contribution is -2.49. The van der Waals surface area contributed by atoms with Crippen molar-refractivity contribution in [2.45, 2.75) is 25.7 Å². The van der Waals surface area contributed by atoms with Gasteiger partial charge in [-0.2, -0.15) is 0 Å². The Morgan fingerprint density at radius 3 is 2.67 bits per heavy atom. The van der Waals surface area contributed by atoms with Crippen molar-refractivity contribution in [1.29, 1.82) is 0 Å². The molecule has 1 amide bonds. The molecule has 0 aromatic rings. The number of rotatable bonds is 4. The predicted octanol–water partition coefficient (Wildman–Crippen LogP) is -0.177. The van der Waals surface area contributed by atoms with E-state index in [1.54, 1.807) is 0 Å². The molecule has 1 fully saturated rings. The molecule has 6 heteroatoms. The van der Waals surface area contributed by atoms with Crippen LogP contribution < -0.4 is 11.1 Å². The number of primary amides is 1. The SMILES string of the molecule is CC1(C)OCC(NCCOC(N)=O)CO1. The Morgan fingerprint density at radius 2 is 2.13 bits per heavy atom. The van der Waals surface area contributed by atoms with Crippen LogP contribution in [0, 0.1) is 0 Å². The Kier molecular flexibility index (Phi) is 4.31. The fourth-order valence-corrected chi connectivity index (χ4v) is 1.22. The summed E-state index contributed by atoms with van der Waals surface area (Å²) in [5.74, 6) is -0.498. The van der Waals surface area contributed by atoms with Crippen molar-refractivity contribution in [3.05, 3.63) is 0 Å². The van der Waals surface area contributed by atoms with Gasteiger partial charge in [-0.25, -0.2) is 4.79 Å². The molecular weight excluding hydrogens is 200 g/mol. The van der Waals surface area contributed by atoms with E-state index in [0.717, 1.165) is 0 Å². The van der Waals surface area contributed by atoms with Crippen LogP contribution in [-0.4, -0.2) is 44.3 Å². The Bertz CT molecular complexity index is 210. The first kappa shape index (κ1) is 12.2. The predicted molar refractivity (Wildman–Crippen MR) is 53.3 cm³/mol. The molecule has 0 aromatic carbocycles. The number of hydrogen-bond acceptors (Lipinski definition) is 5. The van der Waals surface area contributed by atoms with Crippen LogP contribution in [-0.2, 0) is 14.2 Å². The third-order valence-corrected chi connectivity index (χ3v) is 2.04. The second-order valence-corrected chi connectivity index (χ2v) is 3.84. The fourth-order valence-electron chi connectivity index (χ4n) is 1.22. The summed E-state index contributed by atoms with van der Waals surface area (Å²) in [6.07, 6.45) is -0.755. The molecule has 88 valence electrons. The second kappa shape index (κ2) is 5.29. The van der Waals surface area contributed by atoms with Gasteiger partial charge in [0.2, 0.25) is 0 Å². The molecule has 15 heavy (non-hydrogen) atoms. The van der Waals surface area contributed by atoms with Crippen molar-refractivity contribution in [1.82, 2.24) is 5.32 Å². The van der Waals surface area contributed by atoms with Gasteiger partial charge in [-0.15, -0.1) is 0 Å². The lowest BCUT2D eigenvalue weighted by molar-refractivity contribution is -0.252. The molecule has 1 rings (SSSR count). The summed E-state index contributed by atoms with van der Waals surface area (Å²) in [5.41, 5.74) is 4.81. The maximum atomic E-state index is 10.3. The summed E-state index contributed by atoms with van der Waals surface area (Å²) in [6, 6.07) is 0.134.